The predicted octanol–water partition coefficient (Wildman–Crippen LogP) is 5.64. The van der Waals surface area contributed by atoms with Crippen LogP contribution in [0.2, 0.25) is 10.0 Å². The van der Waals surface area contributed by atoms with Crippen LogP contribution in [-0.4, -0.2) is 19.1 Å². The number of rotatable bonds is 7. The van der Waals surface area contributed by atoms with Crippen LogP contribution in [0.3, 0.4) is 0 Å². The fraction of sp³-hybridized carbons (Fsp3) is 0.238. The lowest BCUT2D eigenvalue weighted by atomic mass is 10.1. The SMILES string of the molecule is CCOc1cc(Cl)c(/C=C(\C#N)C(=O)Nc2cccc(Cl)c2C)cc1OCC. The molecule has 2 aromatic carbocycles. The minimum atomic E-state index is -0.559. The molecule has 0 aliphatic rings. The Labute approximate surface area is 174 Å². The maximum atomic E-state index is 12.6. The number of hydrogen-bond acceptors (Lipinski definition) is 4. The molecule has 146 valence electrons. The molecule has 0 spiro atoms. The lowest BCUT2D eigenvalue weighted by molar-refractivity contribution is -0.112. The molecular formula is C21H20Cl2N2O3. The number of amides is 1. The summed E-state index contributed by atoms with van der Waals surface area (Å²) in [6.07, 6.45) is 1.41. The van der Waals surface area contributed by atoms with Crippen LogP contribution in [-0.2, 0) is 4.79 Å². The van der Waals surface area contributed by atoms with Gasteiger partial charge in [0.15, 0.2) is 11.5 Å². The maximum Gasteiger partial charge on any atom is 0.266 e. The van der Waals surface area contributed by atoms with E-state index in [1.807, 2.05) is 19.9 Å². The van der Waals surface area contributed by atoms with Crippen molar-refractivity contribution in [2.45, 2.75) is 20.8 Å². The molecule has 1 N–H and O–H groups in total. The fourth-order valence-electron chi connectivity index (χ4n) is 2.43. The zero-order valence-corrected chi connectivity index (χ0v) is 17.3. The molecule has 0 saturated heterocycles. The maximum absolute atomic E-state index is 12.6. The summed E-state index contributed by atoms with van der Waals surface area (Å²) < 4.78 is 11.1. The Balaban J connectivity index is 2.37. The molecule has 0 aliphatic heterocycles. The van der Waals surface area contributed by atoms with Gasteiger partial charge in [-0.1, -0.05) is 29.3 Å². The summed E-state index contributed by atoms with van der Waals surface area (Å²) >= 11 is 12.4. The van der Waals surface area contributed by atoms with Gasteiger partial charge in [-0.2, -0.15) is 5.26 Å². The average Bonchev–Trinajstić information content (AvgIpc) is 2.66. The summed E-state index contributed by atoms with van der Waals surface area (Å²) in [4.78, 5) is 12.6. The molecule has 2 rings (SSSR count). The van der Waals surface area contributed by atoms with E-state index in [1.54, 1.807) is 37.3 Å². The van der Waals surface area contributed by atoms with Crippen molar-refractivity contribution in [1.29, 1.82) is 5.26 Å². The third kappa shape index (κ3) is 5.19. The Morgan fingerprint density at radius 2 is 1.79 bits per heavy atom. The van der Waals surface area contributed by atoms with Crippen molar-refractivity contribution in [1.82, 2.24) is 0 Å². The minimum absolute atomic E-state index is 0.104. The summed E-state index contributed by atoms with van der Waals surface area (Å²) in [6.45, 7) is 6.38. The lowest BCUT2D eigenvalue weighted by Gasteiger charge is -2.13. The van der Waals surface area contributed by atoms with E-state index >= 15 is 0 Å². The molecule has 0 unspecified atom stereocenters. The van der Waals surface area contributed by atoms with Crippen LogP contribution in [0.5, 0.6) is 11.5 Å². The molecule has 2 aromatic rings. The lowest BCUT2D eigenvalue weighted by Crippen LogP contribution is -2.14. The first kappa shape index (κ1) is 21.6. The monoisotopic (exact) mass is 418 g/mol. The summed E-state index contributed by atoms with van der Waals surface area (Å²) in [5.41, 5.74) is 1.62. The van der Waals surface area contributed by atoms with Crippen molar-refractivity contribution in [3.05, 3.63) is 57.1 Å². The van der Waals surface area contributed by atoms with Gasteiger partial charge in [0, 0.05) is 16.8 Å². The highest BCUT2D eigenvalue weighted by Crippen LogP contribution is 2.35. The smallest absolute Gasteiger partial charge is 0.266 e. The summed E-state index contributed by atoms with van der Waals surface area (Å²) in [5.74, 6) is 0.433. The Kier molecular flexibility index (Phi) is 7.74. The van der Waals surface area contributed by atoms with Crippen molar-refractivity contribution in [2.75, 3.05) is 18.5 Å². The van der Waals surface area contributed by atoms with Crippen LogP contribution in [0, 0.1) is 18.3 Å². The highest BCUT2D eigenvalue weighted by Gasteiger charge is 2.15. The van der Waals surface area contributed by atoms with E-state index < -0.39 is 5.91 Å². The molecule has 0 saturated carbocycles. The number of nitriles is 1. The van der Waals surface area contributed by atoms with E-state index in [0.717, 1.165) is 0 Å². The van der Waals surface area contributed by atoms with E-state index in [0.29, 0.717) is 51.6 Å². The Morgan fingerprint density at radius 3 is 2.39 bits per heavy atom. The summed E-state index contributed by atoms with van der Waals surface area (Å²) in [6, 6.07) is 10.3. The van der Waals surface area contributed by atoms with Crippen molar-refractivity contribution < 1.29 is 14.3 Å². The standard InChI is InChI=1S/C21H20Cl2N2O3/c1-4-27-19-10-14(17(23)11-20(19)28-5-2)9-15(12-24)21(26)25-18-8-6-7-16(22)13(18)3/h6-11H,4-5H2,1-3H3,(H,25,26)/b15-9+. The predicted molar refractivity (Wildman–Crippen MR) is 112 cm³/mol. The average molecular weight is 419 g/mol. The molecule has 0 heterocycles. The van der Waals surface area contributed by atoms with Gasteiger partial charge in [0.1, 0.15) is 11.6 Å². The van der Waals surface area contributed by atoms with Crippen LogP contribution in [0.15, 0.2) is 35.9 Å². The second kappa shape index (κ2) is 10.0. The van der Waals surface area contributed by atoms with Crippen LogP contribution in [0.4, 0.5) is 5.69 Å². The van der Waals surface area contributed by atoms with Crippen molar-refractivity contribution in [2.24, 2.45) is 0 Å². The largest absolute Gasteiger partial charge is 0.490 e. The topological polar surface area (TPSA) is 71.3 Å². The van der Waals surface area contributed by atoms with Crippen LogP contribution >= 0.6 is 23.2 Å². The number of nitrogens with zero attached hydrogens (tertiary/aromatic N) is 1. The van der Waals surface area contributed by atoms with Crippen molar-refractivity contribution in [3.8, 4) is 17.6 Å². The van der Waals surface area contributed by atoms with Gasteiger partial charge < -0.3 is 14.8 Å². The Bertz CT molecular complexity index is 949. The minimum Gasteiger partial charge on any atom is -0.490 e. The van der Waals surface area contributed by atoms with E-state index in [4.69, 9.17) is 32.7 Å². The normalized spacial score (nSPS) is 10.9. The van der Waals surface area contributed by atoms with Gasteiger partial charge in [0.2, 0.25) is 0 Å². The van der Waals surface area contributed by atoms with Gasteiger partial charge >= 0.3 is 0 Å². The highest BCUT2D eigenvalue weighted by molar-refractivity contribution is 6.32. The van der Waals surface area contributed by atoms with E-state index in [9.17, 15) is 10.1 Å². The molecule has 5 nitrogen and oxygen atoms in total. The van der Waals surface area contributed by atoms with Gasteiger partial charge in [0.05, 0.1) is 18.2 Å². The number of carbonyl (C=O) groups is 1. The molecule has 0 aliphatic carbocycles. The molecular weight excluding hydrogens is 399 g/mol. The van der Waals surface area contributed by atoms with Gasteiger partial charge in [-0.05, 0) is 56.2 Å². The first-order chi connectivity index (χ1) is 13.4. The molecule has 0 aromatic heterocycles. The van der Waals surface area contributed by atoms with Crippen LogP contribution in [0.1, 0.15) is 25.0 Å². The van der Waals surface area contributed by atoms with Gasteiger partial charge in [-0.15, -0.1) is 0 Å². The quantitative estimate of drug-likeness (QED) is 0.465. The van der Waals surface area contributed by atoms with Gasteiger partial charge in [-0.3, -0.25) is 4.79 Å². The fourth-order valence-corrected chi connectivity index (χ4v) is 2.82. The van der Waals surface area contributed by atoms with Gasteiger partial charge in [-0.25, -0.2) is 0 Å². The Hall–Kier alpha value is -2.68. The molecule has 0 radical (unpaired) electrons. The third-order valence-corrected chi connectivity index (χ3v) is 4.58. The zero-order valence-electron chi connectivity index (χ0n) is 15.8. The van der Waals surface area contributed by atoms with E-state index in [2.05, 4.69) is 5.32 Å². The number of ether oxygens (including phenoxy) is 2. The number of halogens is 2. The summed E-state index contributed by atoms with van der Waals surface area (Å²) in [5, 5.41) is 13.0. The number of carbonyl (C=O) groups excluding carboxylic acids is 1. The molecule has 7 heteroatoms. The zero-order chi connectivity index (χ0) is 20.7. The molecule has 0 bridgehead atoms. The second-order valence-electron chi connectivity index (χ2n) is 5.72. The number of anilines is 1. The van der Waals surface area contributed by atoms with E-state index in [-0.39, 0.29) is 5.57 Å². The third-order valence-electron chi connectivity index (χ3n) is 3.84. The molecule has 0 atom stereocenters. The second-order valence-corrected chi connectivity index (χ2v) is 6.54. The van der Waals surface area contributed by atoms with Crippen LogP contribution < -0.4 is 14.8 Å². The molecule has 1 amide bonds. The Morgan fingerprint density at radius 1 is 1.14 bits per heavy atom. The van der Waals surface area contributed by atoms with E-state index in [1.165, 1.54) is 6.08 Å². The van der Waals surface area contributed by atoms with Crippen molar-refractivity contribution >= 4 is 40.9 Å². The highest BCUT2D eigenvalue weighted by atomic mass is 35.5. The summed E-state index contributed by atoms with van der Waals surface area (Å²) in [7, 11) is 0. The first-order valence-electron chi connectivity index (χ1n) is 8.68. The van der Waals surface area contributed by atoms with Crippen molar-refractivity contribution in [3.63, 3.8) is 0 Å². The first-order valence-corrected chi connectivity index (χ1v) is 9.44. The number of hydrogen-bond donors (Lipinski definition) is 1. The number of nitrogens with one attached hydrogen (secondary N) is 1. The number of benzene rings is 2. The van der Waals surface area contributed by atoms with Gasteiger partial charge in [0.25, 0.3) is 5.91 Å². The molecule has 28 heavy (non-hydrogen) atoms. The van der Waals surface area contributed by atoms with Crippen LogP contribution in [0.25, 0.3) is 6.08 Å². The molecule has 0 fully saturated rings.